The number of likely N-dealkylation sites (tertiary alicyclic amines) is 2. The van der Waals surface area contributed by atoms with Crippen LogP contribution in [-0.2, 0) is 9.59 Å². The van der Waals surface area contributed by atoms with E-state index in [2.05, 4.69) is 22.0 Å². The molecule has 3 aliphatic heterocycles. The lowest BCUT2D eigenvalue weighted by molar-refractivity contribution is -0.139. The van der Waals surface area contributed by atoms with Crippen molar-refractivity contribution < 1.29 is 9.59 Å². The van der Waals surface area contributed by atoms with Crippen LogP contribution >= 0.6 is 0 Å². The van der Waals surface area contributed by atoms with Crippen molar-refractivity contribution in [1.29, 1.82) is 0 Å². The summed E-state index contributed by atoms with van der Waals surface area (Å²) in [4.78, 5) is 30.2. The van der Waals surface area contributed by atoms with Crippen LogP contribution in [0.5, 0.6) is 0 Å². The van der Waals surface area contributed by atoms with E-state index in [1.807, 2.05) is 0 Å². The van der Waals surface area contributed by atoms with Crippen molar-refractivity contribution in [3.8, 4) is 0 Å². The molecule has 5 aliphatic rings. The lowest BCUT2D eigenvalue weighted by Gasteiger charge is -2.46. The highest BCUT2D eigenvalue weighted by atomic mass is 16.2. The van der Waals surface area contributed by atoms with E-state index < -0.39 is 0 Å². The van der Waals surface area contributed by atoms with Gasteiger partial charge >= 0.3 is 0 Å². The maximum absolute atomic E-state index is 12.9. The quantitative estimate of drug-likeness (QED) is 0.843. The number of carbonyl (C=O) groups is 2. The molecule has 2 saturated carbocycles. The highest BCUT2D eigenvalue weighted by molar-refractivity contribution is 5.87. The largest absolute Gasteiger partial charge is 0.356 e. The third-order valence-electron chi connectivity index (χ3n) is 7.98. The van der Waals surface area contributed by atoms with Crippen LogP contribution in [0.25, 0.3) is 0 Å². The minimum Gasteiger partial charge on any atom is -0.356 e. The average Bonchev–Trinajstić information content (AvgIpc) is 3.49. The summed E-state index contributed by atoms with van der Waals surface area (Å²) in [7, 11) is 0. The van der Waals surface area contributed by atoms with Gasteiger partial charge in [-0.15, -0.1) is 0 Å². The minimum absolute atomic E-state index is 0.0917. The fourth-order valence-corrected chi connectivity index (χ4v) is 6.00. The second-order valence-electron chi connectivity index (χ2n) is 9.63. The molecule has 5 rings (SSSR count). The molecule has 0 aromatic heterocycles. The Morgan fingerprint density at radius 3 is 2.48 bits per heavy atom. The third-order valence-corrected chi connectivity index (χ3v) is 7.98. The normalized spacial score (nSPS) is 40.0. The predicted molar refractivity (Wildman–Crippen MR) is 94.7 cm³/mol. The number of piperidine rings is 1. The van der Waals surface area contributed by atoms with Gasteiger partial charge in [-0.2, -0.15) is 0 Å². The van der Waals surface area contributed by atoms with E-state index in [1.165, 1.54) is 19.4 Å². The molecule has 2 spiro atoms. The molecule has 3 heterocycles. The van der Waals surface area contributed by atoms with Gasteiger partial charge in [-0.1, -0.05) is 6.92 Å². The molecule has 3 saturated heterocycles. The molecule has 0 radical (unpaired) electrons. The minimum atomic E-state index is -0.191. The van der Waals surface area contributed by atoms with Gasteiger partial charge in [0.25, 0.3) is 0 Å². The van der Waals surface area contributed by atoms with Crippen molar-refractivity contribution in [3.63, 3.8) is 0 Å². The molecule has 3 unspecified atom stereocenters. The maximum Gasteiger partial charge on any atom is 0.228 e. The van der Waals surface area contributed by atoms with E-state index in [0.717, 1.165) is 64.3 Å². The summed E-state index contributed by atoms with van der Waals surface area (Å²) in [5.74, 6) is 2.40. The van der Waals surface area contributed by atoms with Gasteiger partial charge in [-0.25, -0.2) is 0 Å². The number of hydrogen-bond donors (Lipinski definition) is 1. The van der Waals surface area contributed by atoms with E-state index in [9.17, 15) is 9.59 Å². The molecule has 5 heteroatoms. The van der Waals surface area contributed by atoms with Crippen LogP contribution in [0.1, 0.15) is 45.4 Å². The summed E-state index contributed by atoms with van der Waals surface area (Å²) >= 11 is 0. The van der Waals surface area contributed by atoms with Crippen molar-refractivity contribution in [2.75, 3.05) is 39.3 Å². The topological polar surface area (TPSA) is 52.7 Å². The smallest absolute Gasteiger partial charge is 0.228 e. The van der Waals surface area contributed by atoms with E-state index in [0.29, 0.717) is 17.7 Å². The van der Waals surface area contributed by atoms with Crippen LogP contribution in [0.15, 0.2) is 0 Å². The van der Waals surface area contributed by atoms with E-state index in [-0.39, 0.29) is 16.7 Å². The zero-order chi connectivity index (χ0) is 17.2. The zero-order valence-electron chi connectivity index (χ0n) is 15.4. The predicted octanol–water partition coefficient (Wildman–Crippen LogP) is 1.48. The van der Waals surface area contributed by atoms with Crippen LogP contribution in [0.2, 0.25) is 0 Å². The van der Waals surface area contributed by atoms with E-state index >= 15 is 0 Å². The Balaban J connectivity index is 1.33. The van der Waals surface area contributed by atoms with Crippen molar-refractivity contribution in [3.05, 3.63) is 0 Å². The summed E-state index contributed by atoms with van der Waals surface area (Å²) in [5.41, 5.74) is -0.0989. The Bertz CT molecular complexity index is 594. The molecule has 138 valence electrons. The molecule has 0 bridgehead atoms. The standard InChI is InChI=1S/C20H31N3O2/c1-14-10-16(14)17(24)23-8-5-19(6-9-23)12-22(11-15-2-3-15)13-20(19)4-7-21-18(20)25/h14-16H,2-13H2,1H3,(H,21,25). The van der Waals surface area contributed by atoms with Crippen molar-refractivity contribution in [1.82, 2.24) is 15.1 Å². The first-order valence-electron chi connectivity index (χ1n) is 10.3. The number of hydrogen-bond acceptors (Lipinski definition) is 3. The molecule has 2 aliphatic carbocycles. The molecule has 2 amide bonds. The summed E-state index contributed by atoms with van der Waals surface area (Å²) in [6.45, 7) is 7.92. The van der Waals surface area contributed by atoms with Gasteiger partial charge in [-0.05, 0) is 50.4 Å². The van der Waals surface area contributed by atoms with Gasteiger partial charge in [0, 0.05) is 50.6 Å². The van der Waals surface area contributed by atoms with Gasteiger partial charge in [0.15, 0.2) is 0 Å². The Morgan fingerprint density at radius 1 is 1.20 bits per heavy atom. The highest BCUT2D eigenvalue weighted by Crippen LogP contribution is 2.57. The molecule has 0 aromatic carbocycles. The Labute approximate surface area is 150 Å². The molecule has 1 N–H and O–H groups in total. The number of carbonyl (C=O) groups excluding carboxylic acids is 2. The number of nitrogens with zero attached hydrogens (tertiary/aromatic N) is 2. The van der Waals surface area contributed by atoms with Crippen molar-refractivity contribution in [2.45, 2.75) is 45.4 Å². The number of fused-ring (bicyclic) bond motifs is 1. The lowest BCUT2D eigenvalue weighted by atomic mass is 9.60. The SMILES string of the molecule is CC1CC1C(=O)N1CCC2(CC1)CN(CC1CC1)CC21CCNC1=O. The summed E-state index contributed by atoms with van der Waals surface area (Å²) < 4.78 is 0. The van der Waals surface area contributed by atoms with Crippen LogP contribution in [0.3, 0.4) is 0 Å². The molecular formula is C20H31N3O2. The number of nitrogens with one attached hydrogen (secondary N) is 1. The first-order chi connectivity index (χ1) is 12.0. The molecule has 25 heavy (non-hydrogen) atoms. The summed E-state index contributed by atoms with van der Waals surface area (Å²) in [6.07, 6.45) is 6.81. The summed E-state index contributed by atoms with van der Waals surface area (Å²) in [5, 5.41) is 3.14. The van der Waals surface area contributed by atoms with Crippen LogP contribution in [0, 0.1) is 28.6 Å². The van der Waals surface area contributed by atoms with Crippen LogP contribution in [0.4, 0.5) is 0 Å². The number of amides is 2. The van der Waals surface area contributed by atoms with Gasteiger partial charge in [0.2, 0.25) is 11.8 Å². The number of rotatable bonds is 3. The fourth-order valence-electron chi connectivity index (χ4n) is 6.00. The van der Waals surface area contributed by atoms with Gasteiger partial charge in [-0.3, -0.25) is 9.59 Å². The molecule has 5 nitrogen and oxygen atoms in total. The molecule has 3 atom stereocenters. The monoisotopic (exact) mass is 345 g/mol. The van der Waals surface area contributed by atoms with Gasteiger partial charge in [0.1, 0.15) is 0 Å². The Kier molecular flexibility index (Phi) is 3.51. The van der Waals surface area contributed by atoms with E-state index in [1.54, 1.807) is 0 Å². The molecule has 0 aromatic rings. The van der Waals surface area contributed by atoms with E-state index in [4.69, 9.17) is 0 Å². The Morgan fingerprint density at radius 2 is 1.92 bits per heavy atom. The fraction of sp³-hybridized carbons (Fsp3) is 0.900. The zero-order valence-corrected chi connectivity index (χ0v) is 15.4. The van der Waals surface area contributed by atoms with Crippen LogP contribution in [-0.4, -0.2) is 60.9 Å². The van der Waals surface area contributed by atoms with Gasteiger partial charge < -0.3 is 15.1 Å². The summed E-state index contributed by atoms with van der Waals surface area (Å²) in [6, 6.07) is 0. The van der Waals surface area contributed by atoms with Crippen molar-refractivity contribution >= 4 is 11.8 Å². The second-order valence-corrected chi connectivity index (χ2v) is 9.63. The highest BCUT2D eigenvalue weighted by Gasteiger charge is 2.64. The first-order valence-corrected chi connectivity index (χ1v) is 10.3. The van der Waals surface area contributed by atoms with Crippen molar-refractivity contribution in [2.24, 2.45) is 28.6 Å². The second kappa shape index (κ2) is 5.45. The van der Waals surface area contributed by atoms with Gasteiger partial charge in [0.05, 0.1) is 5.41 Å². The maximum atomic E-state index is 12.9. The molecule has 5 fully saturated rings. The Hall–Kier alpha value is -1.10. The molecular weight excluding hydrogens is 314 g/mol. The first kappa shape index (κ1) is 16.1. The van der Waals surface area contributed by atoms with Crippen LogP contribution < -0.4 is 5.32 Å². The average molecular weight is 345 g/mol. The third kappa shape index (κ3) is 2.45. The lowest BCUT2D eigenvalue weighted by Crippen LogP contribution is -2.53.